The number of benzene rings is 2. The Bertz CT molecular complexity index is 998. The van der Waals surface area contributed by atoms with Crippen LogP contribution in [0.1, 0.15) is 42.6 Å². The Labute approximate surface area is 172 Å². The maximum absolute atomic E-state index is 9.11. The Morgan fingerprint density at radius 1 is 1.03 bits per heavy atom. The first-order valence-corrected chi connectivity index (χ1v) is 10.3. The van der Waals surface area contributed by atoms with Crippen molar-refractivity contribution in [2.24, 2.45) is 0 Å². The summed E-state index contributed by atoms with van der Waals surface area (Å²) in [7, 11) is 0. The number of nitriles is 1. The number of rotatable bonds is 5. The van der Waals surface area contributed by atoms with Gasteiger partial charge in [0.25, 0.3) is 0 Å². The molecule has 1 aliphatic heterocycles. The van der Waals surface area contributed by atoms with Gasteiger partial charge in [0.1, 0.15) is 5.82 Å². The molecule has 2 heterocycles. The average Bonchev–Trinajstić information content (AvgIpc) is 2.79. The topological polar surface area (TPSA) is 58.8 Å². The van der Waals surface area contributed by atoms with Crippen LogP contribution in [0.25, 0.3) is 22.4 Å². The summed E-state index contributed by atoms with van der Waals surface area (Å²) in [6.07, 6.45) is 7.56. The first-order valence-electron chi connectivity index (χ1n) is 10.3. The Balaban J connectivity index is 1.66. The van der Waals surface area contributed by atoms with E-state index in [0.717, 1.165) is 54.1 Å². The van der Waals surface area contributed by atoms with Crippen LogP contribution in [0.3, 0.4) is 0 Å². The molecule has 0 radical (unpaired) electrons. The number of hydrogen-bond donors (Lipinski definition) is 0. The second-order valence-electron chi connectivity index (χ2n) is 7.63. The molecule has 1 saturated heterocycles. The van der Waals surface area contributed by atoms with Crippen molar-refractivity contribution in [2.45, 2.75) is 45.1 Å². The minimum Gasteiger partial charge on any atom is -0.378 e. The lowest BCUT2D eigenvalue weighted by Crippen LogP contribution is -2.20. The molecule has 0 aliphatic carbocycles. The van der Waals surface area contributed by atoms with E-state index in [0.29, 0.717) is 11.7 Å². The Morgan fingerprint density at radius 2 is 1.79 bits per heavy atom. The third-order valence-corrected chi connectivity index (χ3v) is 5.45. The fourth-order valence-corrected chi connectivity index (χ4v) is 3.73. The van der Waals surface area contributed by atoms with Gasteiger partial charge in [-0.1, -0.05) is 42.0 Å². The fraction of sp³-hybridized carbons (Fsp3) is 0.320. The zero-order chi connectivity index (χ0) is 20.1. The largest absolute Gasteiger partial charge is 0.378 e. The van der Waals surface area contributed by atoms with Crippen LogP contribution in [0.4, 0.5) is 0 Å². The summed E-state index contributed by atoms with van der Waals surface area (Å²) in [6.45, 7) is 2.95. The number of hydrogen-bond acceptors (Lipinski definition) is 4. The van der Waals surface area contributed by atoms with Crippen LogP contribution in [0.15, 0.2) is 54.7 Å². The molecule has 4 nitrogen and oxygen atoms in total. The highest BCUT2D eigenvalue weighted by Gasteiger charge is 2.16. The van der Waals surface area contributed by atoms with Crippen LogP contribution in [0, 0.1) is 18.3 Å². The third-order valence-electron chi connectivity index (χ3n) is 5.45. The van der Waals surface area contributed by atoms with Crippen molar-refractivity contribution in [1.82, 2.24) is 9.97 Å². The Hall–Kier alpha value is -3.03. The minimum absolute atomic E-state index is 0.322. The van der Waals surface area contributed by atoms with Crippen molar-refractivity contribution in [3.8, 4) is 28.5 Å². The van der Waals surface area contributed by atoms with Crippen LogP contribution in [-0.4, -0.2) is 22.7 Å². The fourth-order valence-electron chi connectivity index (χ4n) is 3.73. The number of ether oxygens (including phenoxy) is 1. The standard InChI is InChI=1S/C25H25N3O/c1-18-5-9-20(10-6-18)23-17-27-24(14-13-22-4-2-3-15-29-22)28-25(23)21-11-7-19(16-26)8-12-21/h5-12,17,22H,2-4,13-15H2,1H3. The molecule has 0 saturated carbocycles. The normalized spacial score (nSPS) is 16.3. The predicted molar refractivity (Wildman–Crippen MR) is 114 cm³/mol. The number of nitrogens with zero attached hydrogens (tertiary/aromatic N) is 3. The Kier molecular flexibility index (Phi) is 5.97. The summed E-state index contributed by atoms with van der Waals surface area (Å²) >= 11 is 0. The van der Waals surface area contributed by atoms with Gasteiger partial charge in [0.05, 0.1) is 23.4 Å². The zero-order valence-electron chi connectivity index (χ0n) is 16.8. The van der Waals surface area contributed by atoms with E-state index < -0.39 is 0 Å². The molecular formula is C25H25N3O. The molecule has 146 valence electrons. The molecule has 0 amide bonds. The van der Waals surface area contributed by atoms with Gasteiger partial charge in [-0.3, -0.25) is 0 Å². The van der Waals surface area contributed by atoms with Crippen LogP contribution < -0.4 is 0 Å². The van der Waals surface area contributed by atoms with Crippen molar-refractivity contribution >= 4 is 0 Å². The molecule has 3 aromatic rings. The second kappa shape index (κ2) is 8.98. The van der Waals surface area contributed by atoms with Gasteiger partial charge in [0.15, 0.2) is 0 Å². The maximum Gasteiger partial charge on any atom is 0.129 e. The van der Waals surface area contributed by atoms with E-state index in [9.17, 15) is 0 Å². The second-order valence-corrected chi connectivity index (χ2v) is 7.63. The predicted octanol–water partition coefficient (Wildman–Crippen LogP) is 5.49. The van der Waals surface area contributed by atoms with Gasteiger partial charge in [-0.2, -0.15) is 5.26 Å². The third kappa shape index (κ3) is 4.70. The van der Waals surface area contributed by atoms with Crippen molar-refractivity contribution in [3.63, 3.8) is 0 Å². The highest BCUT2D eigenvalue weighted by atomic mass is 16.5. The van der Waals surface area contributed by atoms with Crippen LogP contribution >= 0.6 is 0 Å². The van der Waals surface area contributed by atoms with Crippen LogP contribution in [0.2, 0.25) is 0 Å². The summed E-state index contributed by atoms with van der Waals surface area (Å²) in [5.74, 6) is 0.842. The molecule has 4 rings (SSSR count). The lowest BCUT2D eigenvalue weighted by atomic mass is 9.99. The van der Waals surface area contributed by atoms with Crippen molar-refractivity contribution in [2.75, 3.05) is 6.61 Å². The highest BCUT2D eigenvalue weighted by molar-refractivity contribution is 5.80. The van der Waals surface area contributed by atoms with Gasteiger partial charge >= 0.3 is 0 Å². The van der Waals surface area contributed by atoms with Gasteiger partial charge in [-0.25, -0.2) is 9.97 Å². The van der Waals surface area contributed by atoms with E-state index in [1.807, 2.05) is 30.5 Å². The molecule has 0 N–H and O–H groups in total. The number of aromatic nitrogens is 2. The van der Waals surface area contributed by atoms with Gasteiger partial charge in [0.2, 0.25) is 0 Å². The van der Waals surface area contributed by atoms with E-state index in [4.69, 9.17) is 15.0 Å². The molecule has 2 aromatic carbocycles. The van der Waals surface area contributed by atoms with Gasteiger partial charge in [-0.05, 0) is 50.3 Å². The SMILES string of the molecule is Cc1ccc(-c2cnc(CCC3CCCCO3)nc2-c2ccc(C#N)cc2)cc1. The average molecular weight is 383 g/mol. The molecule has 1 atom stereocenters. The molecule has 4 heteroatoms. The molecule has 1 aromatic heterocycles. The maximum atomic E-state index is 9.11. The molecule has 29 heavy (non-hydrogen) atoms. The first kappa shape index (κ1) is 19.3. The van der Waals surface area contributed by atoms with Crippen LogP contribution in [-0.2, 0) is 11.2 Å². The summed E-state index contributed by atoms with van der Waals surface area (Å²) in [5.41, 5.74) is 5.88. The molecule has 1 fully saturated rings. The van der Waals surface area contributed by atoms with Crippen LogP contribution in [0.5, 0.6) is 0 Å². The minimum atomic E-state index is 0.322. The van der Waals surface area contributed by atoms with E-state index in [2.05, 4.69) is 42.2 Å². The van der Waals surface area contributed by atoms with Gasteiger partial charge in [-0.15, -0.1) is 0 Å². The first-order chi connectivity index (χ1) is 14.2. The molecule has 0 spiro atoms. The lowest BCUT2D eigenvalue weighted by molar-refractivity contribution is 0.0112. The highest BCUT2D eigenvalue weighted by Crippen LogP contribution is 2.31. The molecular weight excluding hydrogens is 358 g/mol. The molecule has 0 bridgehead atoms. The van der Waals surface area contributed by atoms with E-state index in [1.54, 1.807) is 0 Å². The quantitative estimate of drug-likeness (QED) is 0.584. The smallest absolute Gasteiger partial charge is 0.129 e. The van der Waals surface area contributed by atoms with Crippen molar-refractivity contribution < 1.29 is 4.74 Å². The van der Waals surface area contributed by atoms with E-state index in [-0.39, 0.29) is 0 Å². The summed E-state index contributed by atoms with van der Waals surface area (Å²) in [6, 6.07) is 18.2. The van der Waals surface area contributed by atoms with E-state index in [1.165, 1.54) is 18.4 Å². The Morgan fingerprint density at radius 3 is 2.48 bits per heavy atom. The molecule has 1 unspecified atom stereocenters. The summed E-state index contributed by atoms with van der Waals surface area (Å²) < 4.78 is 5.86. The summed E-state index contributed by atoms with van der Waals surface area (Å²) in [4.78, 5) is 9.59. The molecule has 1 aliphatic rings. The monoisotopic (exact) mass is 383 g/mol. The zero-order valence-corrected chi connectivity index (χ0v) is 16.8. The summed E-state index contributed by atoms with van der Waals surface area (Å²) in [5, 5.41) is 9.11. The van der Waals surface area contributed by atoms with Crippen molar-refractivity contribution in [3.05, 3.63) is 71.7 Å². The van der Waals surface area contributed by atoms with E-state index >= 15 is 0 Å². The number of aryl methyl sites for hydroxylation is 2. The lowest BCUT2D eigenvalue weighted by Gasteiger charge is -2.22. The van der Waals surface area contributed by atoms with Gasteiger partial charge in [0, 0.05) is 30.4 Å². The van der Waals surface area contributed by atoms with Crippen molar-refractivity contribution in [1.29, 1.82) is 5.26 Å². The van der Waals surface area contributed by atoms with Gasteiger partial charge < -0.3 is 4.74 Å².